The molecule has 1 aromatic heterocycles. The van der Waals surface area contributed by atoms with Crippen LogP contribution in [0.25, 0.3) is 28.3 Å². The van der Waals surface area contributed by atoms with E-state index in [-0.39, 0.29) is 5.28 Å². The maximum Gasteiger partial charge on any atom is 0.226 e. The molecule has 0 N–H and O–H groups in total. The first-order valence-electron chi connectivity index (χ1n) is 7.74. The normalized spacial score (nSPS) is 11.2. The molecule has 0 spiro atoms. The Morgan fingerprint density at radius 3 is 1.96 bits per heavy atom. The van der Waals surface area contributed by atoms with Crippen LogP contribution >= 0.6 is 11.6 Å². The summed E-state index contributed by atoms with van der Waals surface area (Å²) >= 11 is 6.10. The van der Waals surface area contributed by atoms with E-state index in [1.807, 2.05) is 60.7 Å². The lowest BCUT2D eigenvalue weighted by Gasteiger charge is -2.06. The zero-order valence-corrected chi connectivity index (χ0v) is 14.3. The average molecular weight is 346 g/mol. The van der Waals surface area contributed by atoms with Crippen LogP contribution in [0, 0.1) is 0 Å². The fourth-order valence-corrected chi connectivity index (χ4v) is 2.58. The van der Waals surface area contributed by atoms with Crippen LogP contribution in [-0.2, 0) is 0 Å². The summed E-state index contributed by atoms with van der Waals surface area (Å²) in [6.45, 7) is 7.55. The lowest BCUT2D eigenvalue weighted by molar-refractivity contribution is 1.07. The molecule has 0 amide bonds. The van der Waals surface area contributed by atoms with Crippen molar-refractivity contribution in [2.45, 2.75) is 0 Å². The van der Waals surface area contributed by atoms with E-state index in [4.69, 9.17) is 11.6 Å². The molecule has 122 valence electrons. The number of allylic oxidation sites excluding steroid dienone is 4. The van der Waals surface area contributed by atoms with Crippen LogP contribution in [-0.4, -0.2) is 15.0 Å². The number of rotatable bonds is 5. The minimum Gasteiger partial charge on any atom is -0.208 e. The van der Waals surface area contributed by atoms with Crippen molar-refractivity contribution in [3.8, 4) is 22.8 Å². The molecular weight excluding hydrogens is 330 g/mol. The Morgan fingerprint density at radius 2 is 1.40 bits per heavy atom. The molecule has 3 aromatic rings. The Hall–Kier alpha value is -3.04. The van der Waals surface area contributed by atoms with E-state index in [1.54, 1.807) is 12.2 Å². The van der Waals surface area contributed by atoms with Gasteiger partial charge in [0.25, 0.3) is 0 Å². The van der Waals surface area contributed by atoms with Gasteiger partial charge in [0.05, 0.1) is 0 Å². The average Bonchev–Trinajstić information content (AvgIpc) is 2.66. The smallest absolute Gasteiger partial charge is 0.208 e. The molecule has 4 heteroatoms. The summed E-state index contributed by atoms with van der Waals surface area (Å²) in [7, 11) is 0. The Bertz CT molecular complexity index is 929. The van der Waals surface area contributed by atoms with Crippen LogP contribution in [0.4, 0.5) is 0 Å². The van der Waals surface area contributed by atoms with E-state index < -0.39 is 0 Å². The number of hydrogen-bond donors (Lipinski definition) is 0. The highest BCUT2D eigenvalue weighted by molar-refractivity contribution is 6.28. The molecule has 0 aliphatic rings. The zero-order valence-electron chi connectivity index (χ0n) is 13.6. The van der Waals surface area contributed by atoms with Crippen molar-refractivity contribution in [1.82, 2.24) is 15.0 Å². The molecule has 3 nitrogen and oxygen atoms in total. The molecule has 0 fully saturated rings. The molecule has 25 heavy (non-hydrogen) atoms. The van der Waals surface area contributed by atoms with Gasteiger partial charge in [0, 0.05) is 11.1 Å². The summed E-state index contributed by atoms with van der Waals surface area (Å²) in [6, 6.07) is 17.6. The Kier molecular flexibility index (Phi) is 5.17. The molecule has 0 aliphatic carbocycles. The molecule has 1 heterocycles. The number of halogens is 1. The Morgan fingerprint density at radius 1 is 0.800 bits per heavy atom. The van der Waals surface area contributed by atoms with E-state index in [0.717, 1.165) is 22.3 Å². The monoisotopic (exact) mass is 345 g/mol. The van der Waals surface area contributed by atoms with Crippen LogP contribution in [0.15, 0.2) is 86.0 Å². The molecule has 0 atom stereocenters. The second-order valence-electron chi connectivity index (χ2n) is 5.26. The van der Waals surface area contributed by atoms with E-state index >= 15 is 0 Å². The maximum absolute atomic E-state index is 6.10. The van der Waals surface area contributed by atoms with Crippen LogP contribution in [0.1, 0.15) is 5.56 Å². The SMILES string of the molecule is C=C/C=C(\C=C)c1ccc(-c2nc(Cl)nc(-c3ccccc3)n2)cc1. The minimum absolute atomic E-state index is 0.172. The van der Waals surface area contributed by atoms with Gasteiger partial charge in [-0.3, -0.25) is 0 Å². The standard InChI is InChI=1S/C21H16ClN3/c1-3-8-15(4-2)16-11-13-18(14-12-16)20-23-19(24-21(22)25-20)17-9-6-5-7-10-17/h3-14H,1-2H2/b15-8+. The number of benzene rings is 2. The van der Waals surface area contributed by atoms with Gasteiger partial charge in [-0.05, 0) is 22.7 Å². The summed E-state index contributed by atoms with van der Waals surface area (Å²) < 4.78 is 0. The predicted molar refractivity (Wildman–Crippen MR) is 104 cm³/mol. The summed E-state index contributed by atoms with van der Waals surface area (Å²) in [5, 5.41) is 0.172. The molecule has 0 radical (unpaired) electrons. The van der Waals surface area contributed by atoms with Crippen molar-refractivity contribution in [2.24, 2.45) is 0 Å². The second-order valence-corrected chi connectivity index (χ2v) is 5.59. The molecule has 0 unspecified atom stereocenters. The van der Waals surface area contributed by atoms with E-state index in [2.05, 4.69) is 28.1 Å². The molecule has 0 aliphatic heterocycles. The highest BCUT2D eigenvalue weighted by atomic mass is 35.5. The van der Waals surface area contributed by atoms with Crippen molar-refractivity contribution in [3.05, 3.63) is 96.8 Å². The summed E-state index contributed by atoms with van der Waals surface area (Å²) in [4.78, 5) is 13.0. The Balaban J connectivity index is 2.00. The lowest BCUT2D eigenvalue weighted by Crippen LogP contribution is -1.97. The maximum atomic E-state index is 6.10. The number of aromatic nitrogens is 3. The van der Waals surface area contributed by atoms with Crippen LogP contribution in [0.5, 0.6) is 0 Å². The van der Waals surface area contributed by atoms with E-state index in [1.165, 1.54) is 0 Å². The third-order valence-corrected chi connectivity index (χ3v) is 3.80. The molecule has 3 rings (SSSR count). The summed E-state index contributed by atoms with van der Waals surface area (Å²) in [6.07, 6.45) is 5.45. The molecule has 0 saturated heterocycles. The van der Waals surface area contributed by atoms with Gasteiger partial charge in [-0.2, -0.15) is 9.97 Å². The highest BCUT2D eigenvalue weighted by Crippen LogP contribution is 2.24. The molecule has 0 saturated carbocycles. The summed E-state index contributed by atoms with van der Waals surface area (Å²) in [5.41, 5.74) is 3.81. The van der Waals surface area contributed by atoms with Gasteiger partial charge in [-0.25, -0.2) is 4.98 Å². The van der Waals surface area contributed by atoms with Crippen molar-refractivity contribution >= 4 is 17.2 Å². The first-order valence-corrected chi connectivity index (χ1v) is 8.12. The minimum atomic E-state index is 0.172. The van der Waals surface area contributed by atoms with Gasteiger partial charge < -0.3 is 0 Å². The van der Waals surface area contributed by atoms with Gasteiger partial charge in [-0.1, -0.05) is 86.0 Å². The van der Waals surface area contributed by atoms with Crippen LogP contribution < -0.4 is 0 Å². The number of nitrogens with zero attached hydrogens (tertiary/aromatic N) is 3. The third-order valence-electron chi connectivity index (χ3n) is 3.63. The van der Waals surface area contributed by atoms with Crippen molar-refractivity contribution in [1.29, 1.82) is 0 Å². The predicted octanol–water partition coefficient (Wildman–Crippen LogP) is 5.61. The Labute approximate surface area is 152 Å². The second kappa shape index (κ2) is 7.69. The van der Waals surface area contributed by atoms with E-state index in [9.17, 15) is 0 Å². The highest BCUT2D eigenvalue weighted by Gasteiger charge is 2.09. The first kappa shape index (κ1) is 16.8. The van der Waals surface area contributed by atoms with Gasteiger partial charge >= 0.3 is 0 Å². The van der Waals surface area contributed by atoms with Gasteiger partial charge in [-0.15, -0.1) is 0 Å². The van der Waals surface area contributed by atoms with Crippen LogP contribution in [0.3, 0.4) is 0 Å². The quantitative estimate of drug-likeness (QED) is 0.564. The van der Waals surface area contributed by atoms with E-state index in [0.29, 0.717) is 11.6 Å². The van der Waals surface area contributed by atoms with Crippen molar-refractivity contribution < 1.29 is 0 Å². The van der Waals surface area contributed by atoms with Gasteiger partial charge in [0.1, 0.15) is 0 Å². The fraction of sp³-hybridized carbons (Fsp3) is 0. The van der Waals surface area contributed by atoms with Crippen molar-refractivity contribution in [3.63, 3.8) is 0 Å². The molecule has 2 aromatic carbocycles. The fourth-order valence-electron chi connectivity index (χ4n) is 2.42. The van der Waals surface area contributed by atoms with Crippen molar-refractivity contribution in [2.75, 3.05) is 0 Å². The lowest BCUT2D eigenvalue weighted by atomic mass is 10.0. The largest absolute Gasteiger partial charge is 0.226 e. The van der Waals surface area contributed by atoms with Gasteiger partial charge in [0.15, 0.2) is 11.6 Å². The topological polar surface area (TPSA) is 38.7 Å². The third kappa shape index (κ3) is 3.90. The molecular formula is C21H16ClN3. The number of hydrogen-bond acceptors (Lipinski definition) is 3. The zero-order chi connectivity index (χ0) is 17.6. The molecule has 0 bridgehead atoms. The first-order chi connectivity index (χ1) is 12.2. The summed E-state index contributed by atoms with van der Waals surface area (Å²) in [5.74, 6) is 1.09. The van der Waals surface area contributed by atoms with Crippen LogP contribution in [0.2, 0.25) is 5.28 Å². The van der Waals surface area contributed by atoms with Gasteiger partial charge in [0.2, 0.25) is 5.28 Å².